The summed E-state index contributed by atoms with van der Waals surface area (Å²) >= 11 is 0. The molecule has 32 heavy (non-hydrogen) atoms. The fourth-order valence-electron chi connectivity index (χ4n) is 9.00. The number of carboxylic acids is 1. The summed E-state index contributed by atoms with van der Waals surface area (Å²) in [4.78, 5) is 22.7. The van der Waals surface area contributed by atoms with Crippen molar-refractivity contribution in [1.82, 2.24) is 5.32 Å². The molecule has 182 valence electrons. The molecule has 0 aromatic heterocycles. The summed E-state index contributed by atoms with van der Waals surface area (Å²) in [5.41, 5.74) is 0.451. The average molecular weight is 450 g/mol. The zero-order chi connectivity index (χ0) is 23.3. The molecule has 0 aromatic rings. The molecule has 4 saturated carbocycles. The second-order valence-corrected chi connectivity index (χ2v) is 12.1. The molecule has 0 spiro atoms. The first kappa shape index (κ1) is 24.0. The smallest absolute Gasteiger partial charge is 0.322 e. The Morgan fingerprint density at radius 2 is 1.69 bits per heavy atom. The van der Waals surface area contributed by atoms with Crippen LogP contribution in [0.3, 0.4) is 0 Å². The van der Waals surface area contributed by atoms with Crippen LogP contribution in [0.25, 0.3) is 0 Å². The van der Waals surface area contributed by atoms with Crippen LogP contribution in [0.15, 0.2) is 0 Å². The molecule has 4 aliphatic carbocycles. The molecule has 10 atom stereocenters. The maximum Gasteiger partial charge on any atom is 0.322 e. The van der Waals surface area contributed by atoms with Gasteiger partial charge >= 0.3 is 5.97 Å². The third kappa shape index (κ3) is 4.11. The molecule has 4 rings (SSSR count). The lowest BCUT2D eigenvalue weighted by atomic mass is 9.43. The van der Waals surface area contributed by atoms with Gasteiger partial charge in [-0.2, -0.15) is 0 Å². The summed E-state index contributed by atoms with van der Waals surface area (Å²) in [6.07, 6.45) is 9.06. The van der Waals surface area contributed by atoms with Crippen molar-refractivity contribution in [3.8, 4) is 0 Å². The van der Waals surface area contributed by atoms with E-state index in [1.54, 1.807) is 0 Å². The number of amides is 1. The number of aliphatic carboxylic acids is 1. The summed E-state index contributed by atoms with van der Waals surface area (Å²) in [6.45, 7) is 6.83. The van der Waals surface area contributed by atoms with Crippen LogP contribution in [0.2, 0.25) is 0 Å². The Morgan fingerprint density at radius 1 is 1.00 bits per heavy atom. The molecule has 6 nitrogen and oxygen atoms in total. The lowest BCUT2D eigenvalue weighted by Gasteiger charge is -2.62. The maximum absolute atomic E-state index is 12.0. The first-order valence-corrected chi connectivity index (χ1v) is 12.9. The van der Waals surface area contributed by atoms with Crippen LogP contribution in [0.5, 0.6) is 0 Å². The summed E-state index contributed by atoms with van der Waals surface area (Å²) in [5, 5.41) is 32.8. The summed E-state index contributed by atoms with van der Waals surface area (Å²) in [7, 11) is 0. The van der Waals surface area contributed by atoms with Crippen molar-refractivity contribution >= 4 is 11.9 Å². The topological polar surface area (TPSA) is 107 Å². The standard InChI is InChI=1S/C26H43NO5/c1-15(4-7-22(30)27-14-23(31)32)18-5-6-19-24-20(9-11-26(18,19)3)25(2)10-8-17(28)12-16(25)13-21(24)29/h15-21,24,28-29H,4-14H2,1-3H3,(H,27,30)(H,31,32)/t15-,16-,17-,18-,19+,20-,21-,24+,25+,26-/m1/s1. The predicted octanol–water partition coefficient (Wildman–Crippen LogP) is 3.59. The second kappa shape index (κ2) is 8.90. The molecule has 0 radical (unpaired) electrons. The van der Waals surface area contributed by atoms with Gasteiger partial charge in [-0.05, 0) is 104 Å². The highest BCUT2D eigenvalue weighted by Crippen LogP contribution is 2.68. The van der Waals surface area contributed by atoms with E-state index >= 15 is 0 Å². The van der Waals surface area contributed by atoms with Gasteiger partial charge in [0.05, 0.1) is 12.2 Å². The molecular formula is C26H43NO5. The fraction of sp³-hybridized carbons (Fsp3) is 0.923. The number of carboxylic acid groups (broad SMARTS) is 1. The first-order chi connectivity index (χ1) is 15.1. The Morgan fingerprint density at radius 3 is 2.41 bits per heavy atom. The van der Waals surface area contributed by atoms with E-state index in [1.165, 1.54) is 12.8 Å². The van der Waals surface area contributed by atoms with Gasteiger partial charge in [0.2, 0.25) is 5.91 Å². The van der Waals surface area contributed by atoms with E-state index in [-0.39, 0.29) is 35.5 Å². The van der Waals surface area contributed by atoms with Crippen LogP contribution in [-0.4, -0.2) is 45.9 Å². The number of hydrogen-bond donors (Lipinski definition) is 4. The lowest BCUT2D eigenvalue weighted by Crippen LogP contribution is -2.58. The number of aliphatic hydroxyl groups is 2. The van der Waals surface area contributed by atoms with Crippen molar-refractivity contribution in [2.75, 3.05) is 6.54 Å². The average Bonchev–Trinajstić information content (AvgIpc) is 3.09. The minimum absolute atomic E-state index is 0.177. The van der Waals surface area contributed by atoms with Crippen LogP contribution in [-0.2, 0) is 9.59 Å². The molecule has 1 amide bonds. The normalized spacial score (nSPS) is 46.5. The number of rotatable bonds is 6. The van der Waals surface area contributed by atoms with Crippen LogP contribution >= 0.6 is 0 Å². The minimum atomic E-state index is -1.01. The highest BCUT2D eigenvalue weighted by Gasteiger charge is 2.62. The van der Waals surface area contributed by atoms with E-state index in [1.807, 2.05) is 0 Å². The number of hydrogen-bond acceptors (Lipinski definition) is 4. The van der Waals surface area contributed by atoms with E-state index in [4.69, 9.17) is 5.11 Å². The van der Waals surface area contributed by atoms with Crippen molar-refractivity contribution in [1.29, 1.82) is 0 Å². The SMILES string of the molecule is C[C@H](CCC(=O)NCC(=O)O)[C@H]1CC[C@H]2[C@@H]3[C@H](O)C[C@H]4C[C@H](O)CC[C@]4(C)[C@@H]3CC[C@]12C. The Hall–Kier alpha value is -1.14. The quantitative estimate of drug-likeness (QED) is 0.496. The Kier molecular flexibility index (Phi) is 6.68. The van der Waals surface area contributed by atoms with Crippen LogP contribution in [0.4, 0.5) is 0 Å². The highest BCUT2D eigenvalue weighted by molar-refractivity contribution is 5.81. The minimum Gasteiger partial charge on any atom is -0.480 e. The molecule has 0 unspecified atom stereocenters. The molecule has 4 fully saturated rings. The molecule has 4 aliphatic rings. The van der Waals surface area contributed by atoms with Crippen LogP contribution in [0, 0.1) is 46.3 Å². The molecular weight excluding hydrogens is 406 g/mol. The molecule has 0 saturated heterocycles. The van der Waals surface area contributed by atoms with Crippen molar-refractivity contribution in [2.24, 2.45) is 46.3 Å². The zero-order valence-corrected chi connectivity index (χ0v) is 20.1. The van der Waals surface area contributed by atoms with Crippen molar-refractivity contribution in [3.05, 3.63) is 0 Å². The maximum atomic E-state index is 12.0. The van der Waals surface area contributed by atoms with E-state index in [0.717, 1.165) is 44.9 Å². The summed E-state index contributed by atoms with van der Waals surface area (Å²) in [5.74, 6) is 1.66. The third-order valence-electron chi connectivity index (χ3n) is 10.7. The van der Waals surface area contributed by atoms with Gasteiger partial charge in [0.1, 0.15) is 6.54 Å². The van der Waals surface area contributed by atoms with Crippen molar-refractivity contribution < 1.29 is 24.9 Å². The van der Waals surface area contributed by atoms with Crippen LogP contribution in [0.1, 0.15) is 85.0 Å². The van der Waals surface area contributed by atoms with Crippen molar-refractivity contribution in [2.45, 2.75) is 97.2 Å². The van der Waals surface area contributed by atoms with Gasteiger partial charge < -0.3 is 20.6 Å². The van der Waals surface area contributed by atoms with E-state index in [2.05, 4.69) is 26.1 Å². The Balaban J connectivity index is 1.44. The Bertz CT molecular complexity index is 727. The molecule has 0 heterocycles. The van der Waals surface area contributed by atoms with E-state index in [0.29, 0.717) is 41.9 Å². The van der Waals surface area contributed by atoms with Gasteiger partial charge in [0.25, 0.3) is 0 Å². The fourth-order valence-corrected chi connectivity index (χ4v) is 9.00. The van der Waals surface area contributed by atoms with Gasteiger partial charge in [-0.3, -0.25) is 9.59 Å². The molecule has 4 N–H and O–H groups in total. The molecule has 0 aliphatic heterocycles. The van der Waals surface area contributed by atoms with Gasteiger partial charge in [-0.1, -0.05) is 20.8 Å². The molecule has 6 heteroatoms. The third-order valence-corrected chi connectivity index (χ3v) is 10.7. The first-order valence-electron chi connectivity index (χ1n) is 12.9. The lowest BCUT2D eigenvalue weighted by molar-refractivity contribution is -0.174. The van der Waals surface area contributed by atoms with Gasteiger partial charge in [0.15, 0.2) is 0 Å². The zero-order valence-electron chi connectivity index (χ0n) is 20.1. The largest absolute Gasteiger partial charge is 0.480 e. The van der Waals surface area contributed by atoms with Gasteiger partial charge in [0, 0.05) is 6.42 Å². The second-order valence-electron chi connectivity index (χ2n) is 12.1. The van der Waals surface area contributed by atoms with Crippen molar-refractivity contribution in [3.63, 3.8) is 0 Å². The number of aliphatic hydroxyl groups excluding tert-OH is 2. The van der Waals surface area contributed by atoms with Gasteiger partial charge in [-0.15, -0.1) is 0 Å². The summed E-state index contributed by atoms with van der Waals surface area (Å²) < 4.78 is 0. The predicted molar refractivity (Wildman–Crippen MR) is 122 cm³/mol. The number of fused-ring (bicyclic) bond motifs is 5. The number of carbonyl (C=O) groups is 2. The molecule has 0 bridgehead atoms. The number of carbonyl (C=O) groups excluding carboxylic acids is 1. The van der Waals surface area contributed by atoms with E-state index < -0.39 is 5.97 Å². The Labute approximate surface area is 192 Å². The monoisotopic (exact) mass is 449 g/mol. The number of nitrogens with one attached hydrogen (secondary N) is 1. The highest BCUT2D eigenvalue weighted by atomic mass is 16.4. The van der Waals surface area contributed by atoms with Crippen LogP contribution < -0.4 is 5.32 Å². The van der Waals surface area contributed by atoms with Gasteiger partial charge in [-0.25, -0.2) is 0 Å². The molecule has 0 aromatic carbocycles. The summed E-state index contributed by atoms with van der Waals surface area (Å²) in [6, 6.07) is 0. The van der Waals surface area contributed by atoms with E-state index in [9.17, 15) is 19.8 Å².